The van der Waals surface area contributed by atoms with Crippen LogP contribution in [0.3, 0.4) is 0 Å². The predicted molar refractivity (Wildman–Crippen MR) is 213 cm³/mol. The monoisotopic (exact) mass is 977 g/mol. The van der Waals surface area contributed by atoms with Crippen molar-refractivity contribution in [2.24, 2.45) is 16.2 Å². The SMILES string of the molecule is Brc1ccc(I)cc1.CC1(C)CC(=O)N(c2ccc(Br)cc2)C1.CC1(C)CC(=O)N(c2ccc(I)cc2)C1.CC1(C)CNC(=O)C1. The molecule has 46 heavy (non-hydrogen) atoms. The first-order valence-corrected chi connectivity index (χ1v) is 18.9. The van der Waals surface area contributed by atoms with Crippen molar-refractivity contribution < 1.29 is 14.4 Å². The third-order valence-corrected chi connectivity index (χ3v) is 10.0. The van der Waals surface area contributed by atoms with Crippen molar-refractivity contribution in [2.45, 2.75) is 60.8 Å². The number of benzene rings is 3. The minimum absolute atomic E-state index is 0.101. The normalized spacial score (nSPS) is 18.9. The number of anilines is 2. The molecule has 3 heterocycles. The van der Waals surface area contributed by atoms with Crippen molar-refractivity contribution in [1.82, 2.24) is 5.32 Å². The quantitative estimate of drug-likeness (QED) is 0.260. The fraction of sp³-hybridized carbons (Fsp3) is 0.417. The van der Waals surface area contributed by atoms with Crippen LogP contribution in [0.4, 0.5) is 11.4 Å². The van der Waals surface area contributed by atoms with E-state index in [1.807, 2.05) is 70.5 Å². The van der Waals surface area contributed by atoms with Crippen LogP contribution in [-0.2, 0) is 14.4 Å². The summed E-state index contributed by atoms with van der Waals surface area (Å²) in [6.07, 6.45) is 1.98. The molecule has 3 aromatic carbocycles. The van der Waals surface area contributed by atoms with Crippen molar-refractivity contribution in [3.63, 3.8) is 0 Å². The molecular formula is C36H43Br2I2N3O3. The molecular weight excluding hydrogens is 936 g/mol. The van der Waals surface area contributed by atoms with Crippen LogP contribution in [0.1, 0.15) is 60.8 Å². The molecule has 6 rings (SSSR count). The highest BCUT2D eigenvalue weighted by atomic mass is 127. The minimum Gasteiger partial charge on any atom is -0.356 e. The van der Waals surface area contributed by atoms with Crippen LogP contribution >= 0.6 is 77.0 Å². The van der Waals surface area contributed by atoms with Gasteiger partial charge in [-0.1, -0.05) is 73.4 Å². The van der Waals surface area contributed by atoms with Crippen molar-refractivity contribution >= 4 is 106 Å². The van der Waals surface area contributed by atoms with Gasteiger partial charge in [-0.3, -0.25) is 14.4 Å². The van der Waals surface area contributed by atoms with Gasteiger partial charge in [0.2, 0.25) is 17.7 Å². The smallest absolute Gasteiger partial charge is 0.227 e. The number of carbonyl (C=O) groups excluding carboxylic acids is 3. The van der Waals surface area contributed by atoms with E-state index in [0.717, 1.165) is 40.0 Å². The predicted octanol–water partition coefficient (Wildman–Crippen LogP) is 9.85. The Morgan fingerprint density at radius 1 is 0.565 bits per heavy atom. The molecule has 0 bridgehead atoms. The lowest BCUT2D eigenvalue weighted by Gasteiger charge is -2.19. The number of hydrogen-bond acceptors (Lipinski definition) is 3. The third-order valence-electron chi connectivity index (χ3n) is 7.52. The molecule has 0 unspecified atom stereocenters. The van der Waals surface area contributed by atoms with E-state index in [1.165, 1.54) is 7.14 Å². The summed E-state index contributed by atoms with van der Waals surface area (Å²) in [6.45, 7) is 15.2. The molecule has 0 aromatic heterocycles. The Morgan fingerprint density at radius 2 is 0.913 bits per heavy atom. The molecule has 3 fully saturated rings. The lowest BCUT2D eigenvalue weighted by Crippen LogP contribution is -2.25. The molecule has 0 atom stereocenters. The Hall–Kier alpha value is -1.51. The molecule has 0 spiro atoms. The maximum Gasteiger partial charge on any atom is 0.227 e. The van der Waals surface area contributed by atoms with Gasteiger partial charge in [-0.05, 0) is 134 Å². The van der Waals surface area contributed by atoms with Crippen LogP contribution in [0.5, 0.6) is 0 Å². The number of carbonyl (C=O) groups is 3. The largest absolute Gasteiger partial charge is 0.356 e. The molecule has 3 saturated heterocycles. The number of rotatable bonds is 2. The Labute approximate surface area is 318 Å². The number of amides is 3. The number of nitrogens with one attached hydrogen (secondary N) is 1. The highest BCUT2D eigenvalue weighted by Crippen LogP contribution is 2.35. The van der Waals surface area contributed by atoms with Crippen molar-refractivity contribution in [3.8, 4) is 0 Å². The number of halogens is 4. The Morgan fingerprint density at radius 3 is 1.17 bits per heavy atom. The summed E-state index contributed by atoms with van der Waals surface area (Å²) >= 11 is 11.3. The zero-order chi connectivity index (χ0) is 34.3. The second-order valence-corrected chi connectivity index (χ2v) is 18.5. The van der Waals surface area contributed by atoms with Gasteiger partial charge < -0.3 is 15.1 Å². The van der Waals surface area contributed by atoms with Gasteiger partial charge in [0, 0.05) is 66.4 Å². The van der Waals surface area contributed by atoms with E-state index in [0.29, 0.717) is 19.3 Å². The van der Waals surface area contributed by atoms with Crippen LogP contribution in [0.15, 0.2) is 81.7 Å². The van der Waals surface area contributed by atoms with Gasteiger partial charge in [-0.15, -0.1) is 0 Å². The van der Waals surface area contributed by atoms with Crippen LogP contribution in [0, 0.1) is 23.4 Å². The molecule has 1 N–H and O–H groups in total. The first kappa shape index (κ1) is 38.9. The van der Waals surface area contributed by atoms with Gasteiger partial charge >= 0.3 is 0 Å². The fourth-order valence-electron chi connectivity index (χ4n) is 5.19. The topological polar surface area (TPSA) is 69.7 Å². The van der Waals surface area contributed by atoms with E-state index in [9.17, 15) is 14.4 Å². The van der Waals surface area contributed by atoms with Crippen LogP contribution in [0.2, 0.25) is 0 Å². The van der Waals surface area contributed by atoms with E-state index in [-0.39, 0.29) is 34.0 Å². The van der Waals surface area contributed by atoms with Gasteiger partial charge in [0.15, 0.2) is 0 Å². The molecule has 3 aromatic rings. The zero-order valence-electron chi connectivity index (χ0n) is 27.3. The molecule has 3 aliphatic rings. The van der Waals surface area contributed by atoms with Crippen molar-refractivity contribution in [2.75, 3.05) is 29.4 Å². The molecule has 3 amide bonds. The number of hydrogen-bond donors (Lipinski definition) is 1. The van der Waals surface area contributed by atoms with E-state index >= 15 is 0 Å². The molecule has 0 saturated carbocycles. The van der Waals surface area contributed by atoms with Gasteiger partial charge in [-0.2, -0.15) is 0 Å². The molecule has 3 aliphatic heterocycles. The second kappa shape index (κ2) is 16.7. The molecule has 6 nitrogen and oxygen atoms in total. The standard InChI is InChI=1S/C12H14BrNO.C12H14INO.C6H4BrI.C6H11NO/c2*1-12(2)7-11(15)14(8-12)10-5-3-9(13)4-6-10;7-5-1-3-6(8)4-2-5;1-6(2)3-5(8)7-4-6/h2*3-6H,7-8H2,1-2H3;1-4H;3-4H2,1-2H3,(H,7,8). The van der Waals surface area contributed by atoms with Gasteiger partial charge in [-0.25, -0.2) is 0 Å². The van der Waals surface area contributed by atoms with Gasteiger partial charge in [0.25, 0.3) is 0 Å². The maximum atomic E-state index is 11.8. The fourth-order valence-corrected chi connectivity index (χ4v) is 6.44. The minimum atomic E-state index is 0.101. The lowest BCUT2D eigenvalue weighted by atomic mass is 9.93. The van der Waals surface area contributed by atoms with Crippen molar-refractivity contribution in [3.05, 3.63) is 88.9 Å². The Kier molecular flexibility index (Phi) is 14.2. The van der Waals surface area contributed by atoms with Crippen molar-refractivity contribution in [1.29, 1.82) is 0 Å². The van der Waals surface area contributed by atoms with Crippen LogP contribution < -0.4 is 15.1 Å². The average molecular weight is 979 g/mol. The Bertz CT molecular complexity index is 1390. The molecule has 10 heteroatoms. The van der Waals surface area contributed by atoms with Gasteiger partial charge in [0.05, 0.1) is 0 Å². The summed E-state index contributed by atoms with van der Waals surface area (Å²) in [5.74, 6) is 0.651. The van der Waals surface area contributed by atoms with Gasteiger partial charge in [0.1, 0.15) is 0 Å². The van der Waals surface area contributed by atoms with E-state index in [1.54, 1.807) is 0 Å². The van der Waals surface area contributed by atoms with Crippen LogP contribution in [0.25, 0.3) is 0 Å². The second-order valence-electron chi connectivity index (χ2n) is 14.1. The van der Waals surface area contributed by atoms with Crippen LogP contribution in [-0.4, -0.2) is 37.4 Å². The summed E-state index contributed by atoms with van der Waals surface area (Å²) in [6, 6.07) is 24.2. The highest BCUT2D eigenvalue weighted by molar-refractivity contribution is 14.1. The first-order chi connectivity index (χ1) is 21.3. The average Bonchev–Trinajstić information content (AvgIpc) is 3.55. The number of nitrogens with zero attached hydrogens (tertiary/aromatic N) is 2. The highest BCUT2D eigenvalue weighted by Gasteiger charge is 2.37. The summed E-state index contributed by atoms with van der Waals surface area (Å²) in [4.78, 5) is 37.9. The molecule has 248 valence electrons. The first-order valence-electron chi connectivity index (χ1n) is 15.1. The zero-order valence-corrected chi connectivity index (χ0v) is 34.8. The summed E-state index contributed by atoms with van der Waals surface area (Å²) < 4.78 is 4.64. The Balaban J connectivity index is 0.000000174. The van der Waals surface area contributed by atoms with E-state index in [4.69, 9.17) is 0 Å². The van der Waals surface area contributed by atoms with E-state index < -0.39 is 0 Å². The summed E-state index contributed by atoms with van der Waals surface area (Å²) in [5.41, 5.74) is 2.43. The maximum absolute atomic E-state index is 11.8. The van der Waals surface area contributed by atoms with E-state index in [2.05, 4.69) is 136 Å². The molecule has 0 aliphatic carbocycles. The molecule has 0 radical (unpaired) electrons. The lowest BCUT2D eigenvalue weighted by molar-refractivity contribution is -0.120. The summed E-state index contributed by atoms with van der Waals surface area (Å²) in [7, 11) is 0. The summed E-state index contributed by atoms with van der Waals surface area (Å²) in [5, 5.41) is 2.77. The third kappa shape index (κ3) is 12.8.